The lowest BCUT2D eigenvalue weighted by Gasteiger charge is -2.21. The molecule has 3 amide bonds. The Hall–Kier alpha value is -1.99. The maximum Gasteiger partial charge on any atom is 0.321 e. The van der Waals surface area contributed by atoms with E-state index >= 15 is 0 Å². The van der Waals surface area contributed by atoms with E-state index in [1.807, 2.05) is 0 Å². The van der Waals surface area contributed by atoms with Gasteiger partial charge in [0.05, 0.1) is 11.6 Å². The Bertz CT molecular complexity index is 689. The second kappa shape index (κ2) is 10.4. The zero-order valence-corrected chi connectivity index (χ0v) is 17.2. The van der Waals surface area contributed by atoms with Crippen molar-refractivity contribution >= 4 is 41.1 Å². The lowest BCUT2D eigenvalue weighted by atomic mass is 10.1. The largest absolute Gasteiger partial charge is 0.492 e. The molecule has 1 atom stereocenters. The number of carbonyl (C=O) groups is 3. The van der Waals surface area contributed by atoms with Gasteiger partial charge in [-0.2, -0.15) is 0 Å². The van der Waals surface area contributed by atoms with E-state index in [1.54, 1.807) is 39.0 Å². The van der Waals surface area contributed by atoms with E-state index in [4.69, 9.17) is 32.7 Å². The number of ether oxygens (including phenoxy) is 2. The molecule has 0 spiro atoms. The first-order chi connectivity index (χ1) is 12.5. The SMILES string of the molecule is C[C@H](OC(=O)CCCOc1ccc(Cl)cc1Cl)C(=O)NC(=O)NC(C)(C)C. The van der Waals surface area contributed by atoms with Crippen LogP contribution in [0.1, 0.15) is 40.5 Å². The van der Waals surface area contributed by atoms with E-state index in [0.717, 1.165) is 0 Å². The van der Waals surface area contributed by atoms with Crippen molar-refractivity contribution in [1.82, 2.24) is 10.6 Å². The number of hydrogen-bond donors (Lipinski definition) is 2. The number of nitrogens with one attached hydrogen (secondary N) is 2. The molecule has 150 valence electrons. The Morgan fingerprint density at radius 3 is 2.44 bits per heavy atom. The van der Waals surface area contributed by atoms with Crippen LogP contribution >= 0.6 is 23.2 Å². The van der Waals surface area contributed by atoms with E-state index in [2.05, 4.69) is 10.6 Å². The monoisotopic (exact) mass is 418 g/mol. The van der Waals surface area contributed by atoms with Crippen molar-refractivity contribution < 1.29 is 23.9 Å². The number of rotatable bonds is 7. The summed E-state index contributed by atoms with van der Waals surface area (Å²) in [6.45, 7) is 6.96. The molecule has 27 heavy (non-hydrogen) atoms. The van der Waals surface area contributed by atoms with Gasteiger partial charge in [-0.05, 0) is 52.3 Å². The molecule has 0 aliphatic carbocycles. The van der Waals surface area contributed by atoms with Crippen LogP contribution < -0.4 is 15.4 Å². The van der Waals surface area contributed by atoms with E-state index in [9.17, 15) is 14.4 Å². The summed E-state index contributed by atoms with van der Waals surface area (Å²) in [5.74, 6) is -0.805. The van der Waals surface area contributed by atoms with E-state index < -0.39 is 29.6 Å². The van der Waals surface area contributed by atoms with Gasteiger partial charge in [-0.15, -0.1) is 0 Å². The first-order valence-corrected chi connectivity index (χ1v) is 9.14. The van der Waals surface area contributed by atoms with Crippen LogP contribution in [0.3, 0.4) is 0 Å². The minimum absolute atomic E-state index is 0.0526. The van der Waals surface area contributed by atoms with Gasteiger partial charge < -0.3 is 14.8 Å². The third-order valence-electron chi connectivity index (χ3n) is 3.08. The van der Waals surface area contributed by atoms with Gasteiger partial charge in [-0.25, -0.2) is 4.79 Å². The minimum atomic E-state index is -1.09. The third-order valence-corrected chi connectivity index (χ3v) is 3.61. The molecule has 0 aliphatic rings. The number of urea groups is 1. The molecule has 0 aliphatic heterocycles. The molecule has 0 saturated carbocycles. The second-order valence-corrected chi connectivity index (χ2v) is 7.70. The molecule has 2 N–H and O–H groups in total. The predicted molar refractivity (Wildman–Crippen MR) is 103 cm³/mol. The fourth-order valence-electron chi connectivity index (χ4n) is 1.89. The molecule has 1 aromatic carbocycles. The molecule has 0 aromatic heterocycles. The number of carbonyl (C=O) groups excluding carboxylic acids is 3. The molecule has 1 aromatic rings. The highest BCUT2D eigenvalue weighted by Crippen LogP contribution is 2.27. The van der Waals surface area contributed by atoms with Gasteiger partial charge in [0, 0.05) is 17.0 Å². The number of imide groups is 1. The summed E-state index contributed by atoms with van der Waals surface area (Å²) < 4.78 is 10.5. The van der Waals surface area contributed by atoms with Crippen LogP contribution in [0.5, 0.6) is 5.75 Å². The summed E-state index contributed by atoms with van der Waals surface area (Å²) in [6, 6.07) is 4.19. The van der Waals surface area contributed by atoms with Crippen molar-refractivity contribution in [3.05, 3.63) is 28.2 Å². The van der Waals surface area contributed by atoms with E-state index in [1.165, 1.54) is 6.92 Å². The summed E-state index contributed by atoms with van der Waals surface area (Å²) in [7, 11) is 0. The molecule has 1 rings (SSSR count). The standard InChI is InChI=1S/C18H24Cl2N2O5/c1-11(16(24)21-17(25)22-18(2,3)4)27-15(23)6-5-9-26-14-8-7-12(19)10-13(14)20/h7-8,10-11H,5-6,9H2,1-4H3,(H2,21,22,24,25)/t11-/m0/s1. The molecular formula is C18H24Cl2N2O5. The quantitative estimate of drug-likeness (QED) is 0.519. The first kappa shape index (κ1) is 23.0. The lowest BCUT2D eigenvalue weighted by Crippen LogP contribution is -2.50. The van der Waals surface area contributed by atoms with Gasteiger partial charge >= 0.3 is 12.0 Å². The topological polar surface area (TPSA) is 93.7 Å². The van der Waals surface area contributed by atoms with Crippen LogP contribution in [0.2, 0.25) is 10.0 Å². The number of hydrogen-bond acceptors (Lipinski definition) is 5. The van der Waals surface area contributed by atoms with Crippen molar-refractivity contribution in [3.63, 3.8) is 0 Å². The molecule has 0 unspecified atom stereocenters. The van der Waals surface area contributed by atoms with Crippen molar-refractivity contribution in [2.75, 3.05) is 6.61 Å². The molecule has 0 fully saturated rings. The van der Waals surface area contributed by atoms with Crippen LogP contribution in [0.4, 0.5) is 4.79 Å². The molecule has 7 nitrogen and oxygen atoms in total. The fraction of sp³-hybridized carbons (Fsp3) is 0.500. The first-order valence-electron chi connectivity index (χ1n) is 8.38. The normalized spacial score (nSPS) is 12.1. The average Bonchev–Trinajstić information content (AvgIpc) is 2.51. The number of amides is 3. The smallest absolute Gasteiger partial charge is 0.321 e. The van der Waals surface area contributed by atoms with Gasteiger partial charge in [-0.1, -0.05) is 23.2 Å². The van der Waals surface area contributed by atoms with Crippen molar-refractivity contribution in [2.24, 2.45) is 0 Å². The van der Waals surface area contributed by atoms with Gasteiger partial charge in [0.2, 0.25) is 0 Å². The van der Waals surface area contributed by atoms with E-state index in [0.29, 0.717) is 22.2 Å². The molecule has 0 heterocycles. The number of benzene rings is 1. The number of esters is 1. The molecule has 0 saturated heterocycles. The summed E-state index contributed by atoms with van der Waals surface area (Å²) in [4.78, 5) is 35.3. The van der Waals surface area contributed by atoms with Gasteiger partial charge in [0.15, 0.2) is 6.10 Å². The van der Waals surface area contributed by atoms with Crippen molar-refractivity contribution in [2.45, 2.75) is 52.2 Å². The molecule has 9 heteroatoms. The highest BCUT2D eigenvalue weighted by Gasteiger charge is 2.22. The molecule has 0 radical (unpaired) electrons. The Morgan fingerprint density at radius 1 is 1.19 bits per heavy atom. The Balaban J connectivity index is 2.30. The van der Waals surface area contributed by atoms with Crippen LogP contribution in [0.25, 0.3) is 0 Å². The highest BCUT2D eigenvalue weighted by molar-refractivity contribution is 6.35. The lowest BCUT2D eigenvalue weighted by molar-refractivity contribution is -0.154. The second-order valence-electron chi connectivity index (χ2n) is 6.85. The van der Waals surface area contributed by atoms with Crippen LogP contribution in [-0.2, 0) is 14.3 Å². The molecule has 0 bridgehead atoms. The Morgan fingerprint density at radius 2 is 1.85 bits per heavy atom. The van der Waals surface area contributed by atoms with Crippen molar-refractivity contribution in [1.29, 1.82) is 0 Å². The van der Waals surface area contributed by atoms with Gasteiger partial charge in [0.1, 0.15) is 5.75 Å². The highest BCUT2D eigenvalue weighted by atomic mass is 35.5. The third kappa shape index (κ3) is 9.49. The summed E-state index contributed by atoms with van der Waals surface area (Å²) in [5.41, 5.74) is -0.489. The van der Waals surface area contributed by atoms with Crippen molar-refractivity contribution in [3.8, 4) is 5.75 Å². The van der Waals surface area contributed by atoms with Gasteiger partial charge in [0.25, 0.3) is 5.91 Å². The van der Waals surface area contributed by atoms with E-state index in [-0.39, 0.29) is 13.0 Å². The zero-order chi connectivity index (χ0) is 20.6. The maximum absolute atomic E-state index is 11.9. The molecular weight excluding hydrogens is 395 g/mol. The predicted octanol–water partition coefficient (Wildman–Crippen LogP) is 3.71. The average molecular weight is 419 g/mol. The summed E-state index contributed by atoms with van der Waals surface area (Å²) >= 11 is 11.8. The Kier molecular flexibility index (Phi) is 8.85. The summed E-state index contributed by atoms with van der Waals surface area (Å²) in [6.07, 6.45) is -0.664. The van der Waals surface area contributed by atoms with Crippen LogP contribution in [0.15, 0.2) is 18.2 Å². The minimum Gasteiger partial charge on any atom is -0.492 e. The van der Waals surface area contributed by atoms with Crippen LogP contribution in [-0.4, -0.2) is 36.2 Å². The fourth-order valence-corrected chi connectivity index (χ4v) is 2.35. The van der Waals surface area contributed by atoms with Gasteiger partial charge in [-0.3, -0.25) is 14.9 Å². The zero-order valence-electron chi connectivity index (χ0n) is 15.7. The summed E-state index contributed by atoms with van der Waals surface area (Å²) in [5, 5.41) is 5.58. The van der Waals surface area contributed by atoms with Crippen LogP contribution in [0, 0.1) is 0 Å². The Labute approximate surface area is 168 Å². The number of halogens is 2. The maximum atomic E-state index is 11.9.